The zero-order valence-electron chi connectivity index (χ0n) is 10.0. The van der Waals surface area contributed by atoms with Gasteiger partial charge in [0.25, 0.3) is 0 Å². The molecule has 1 heterocycles. The Kier molecular flexibility index (Phi) is 3.90. The normalized spacial score (nSPS) is 10.5. The third-order valence-electron chi connectivity index (χ3n) is 2.61. The number of hydrogen-bond acceptors (Lipinski definition) is 3. The van der Waals surface area contributed by atoms with Crippen molar-refractivity contribution in [2.75, 3.05) is 0 Å². The van der Waals surface area contributed by atoms with Gasteiger partial charge in [-0.15, -0.1) is 0 Å². The van der Waals surface area contributed by atoms with Crippen LogP contribution >= 0.6 is 15.9 Å². The number of carboxylic acids is 1. The van der Waals surface area contributed by atoms with Crippen molar-refractivity contribution in [3.63, 3.8) is 0 Å². The van der Waals surface area contributed by atoms with Crippen molar-refractivity contribution in [1.29, 1.82) is 0 Å². The first-order valence-corrected chi connectivity index (χ1v) is 6.37. The van der Waals surface area contributed by atoms with Gasteiger partial charge in [-0.2, -0.15) is 0 Å². The second-order valence-corrected chi connectivity index (χ2v) is 4.69. The first kappa shape index (κ1) is 13.6. The Balaban J connectivity index is 2.54. The van der Waals surface area contributed by atoms with Crippen molar-refractivity contribution < 1.29 is 14.3 Å². The Hall–Kier alpha value is -1.82. The summed E-state index contributed by atoms with van der Waals surface area (Å²) in [6, 6.07) is 4.17. The molecule has 98 valence electrons. The van der Waals surface area contributed by atoms with Crippen LogP contribution in [0.15, 0.2) is 28.9 Å². The summed E-state index contributed by atoms with van der Waals surface area (Å²) >= 11 is 3.24. The molecule has 0 aliphatic heterocycles. The number of benzene rings is 1. The van der Waals surface area contributed by atoms with E-state index in [0.717, 1.165) is 0 Å². The number of carboxylic acid groups (broad SMARTS) is 1. The maximum absolute atomic E-state index is 13.0. The molecule has 0 saturated carbocycles. The lowest BCUT2D eigenvalue weighted by molar-refractivity contribution is 0.0694. The highest BCUT2D eigenvalue weighted by Crippen LogP contribution is 2.26. The van der Waals surface area contributed by atoms with Crippen LogP contribution in [-0.4, -0.2) is 21.0 Å². The number of carbonyl (C=O) groups is 1. The summed E-state index contributed by atoms with van der Waals surface area (Å²) in [5, 5.41) is 9.01. The number of aryl methyl sites for hydroxylation is 1. The molecule has 0 radical (unpaired) electrons. The van der Waals surface area contributed by atoms with E-state index >= 15 is 0 Å². The van der Waals surface area contributed by atoms with Crippen molar-refractivity contribution in [2.24, 2.45) is 0 Å². The highest BCUT2D eigenvalue weighted by molar-refractivity contribution is 9.10. The van der Waals surface area contributed by atoms with Crippen LogP contribution in [0.2, 0.25) is 0 Å². The molecule has 1 aromatic carbocycles. The lowest BCUT2D eigenvalue weighted by Gasteiger charge is -2.07. The molecule has 2 aromatic rings. The fraction of sp³-hybridized carbons (Fsp3) is 0.154. The van der Waals surface area contributed by atoms with Gasteiger partial charge >= 0.3 is 5.97 Å². The van der Waals surface area contributed by atoms with Gasteiger partial charge < -0.3 is 5.11 Å². The number of halogens is 2. The third-order valence-corrected chi connectivity index (χ3v) is 3.26. The standard InChI is InChI=1S/C13H10BrFN2O2/c1-2-11-9(13(18)19)6-16-12(17-11)8-4-3-7(15)5-10(8)14/h3-6H,2H2,1H3,(H,18,19). The number of rotatable bonds is 3. The minimum atomic E-state index is -1.05. The number of aromatic carboxylic acids is 1. The number of aromatic nitrogens is 2. The van der Waals surface area contributed by atoms with Gasteiger partial charge in [-0.1, -0.05) is 6.92 Å². The van der Waals surface area contributed by atoms with Crippen LogP contribution < -0.4 is 0 Å². The zero-order valence-corrected chi connectivity index (χ0v) is 11.6. The topological polar surface area (TPSA) is 63.1 Å². The van der Waals surface area contributed by atoms with E-state index in [4.69, 9.17) is 5.11 Å². The monoisotopic (exact) mass is 324 g/mol. The van der Waals surface area contributed by atoms with Gasteiger partial charge in [-0.3, -0.25) is 0 Å². The summed E-state index contributed by atoms with van der Waals surface area (Å²) < 4.78 is 13.6. The Morgan fingerprint density at radius 1 is 1.47 bits per heavy atom. The maximum atomic E-state index is 13.0. The highest BCUT2D eigenvalue weighted by atomic mass is 79.9. The van der Waals surface area contributed by atoms with Crippen LogP contribution in [0.1, 0.15) is 23.0 Å². The summed E-state index contributed by atoms with van der Waals surface area (Å²) in [5.41, 5.74) is 1.16. The molecule has 4 nitrogen and oxygen atoms in total. The Morgan fingerprint density at radius 3 is 2.79 bits per heavy atom. The second-order valence-electron chi connectivity index (χ2n) is 3.84. The first-order valence-electron chi connectivity index (χ1n) is 5.57. The average molecular weight is 325 g/mol. The van der Waals surface area contributed by atoms with E-state index in [1.807, 2.05) is 6.92 Å². The van der Waals surface area contributed by atoms with E-state index in [9.17, 15) is 9.18 Å². The van der Waals surface area contributed by atoms with Crippen LogP contribution in [-0.2, 0) is 6.42 Å². The maximum Gasteiger partial charge on any atom is 0.339 e. The van der Waals surface area contributed by atoms with Gasteiger partial charge in [-0.05, 0) is 40.5 Å². The van der Waals surface area contributed by atoms with Gasteiger partial charge in [0.1, 0.15) is 5.82 Å². The fourth-order valence-electron chi connectivity index (χ4n) is 1.67. The van der Waals surface area contributed by atoms with E-state index in [1.54, 1.807) is 6.07 Å². The largest absolute Gasteiger partial charge is 0.478 e. The summed E-state index contributed by atoms with van der Waals surface area (Å²) in [6.07, 6.45) is 1.76. The molecule has 19 heavy (non-hydrogen) atoms. The van der Waals surface area contributed by atoms with Crippen LogP contribution in [0, 0.1) is 5.82 Å². The predicted molar refractivity (Wildman–Crippen MR) is 71.5 cm³/mol. The van der Waals surface area contributed by atoms with Crippen LogP contribution in [0.4, 0.5) is 4.39 Å². The van der Waals surface area contributed by atoms with Crippen LogP contribution in [0.25, 0.3) is 11.4 Å². The Bertz CT molecular complexity index is 647. The van der Waals surface area contributed by atoms with Gasteiger partial charge in [0.05, 0.1) is 11.3 Å². The molecule has 0 bridgehead atoms. The zero-order chi connectivity index (χ0) is 14.0. The van der Waals surface area contributed by atoms with Crippen molar-refractivity contribution in [3.05, 3.63) is 45.9 Å². The van der Waals surface area contributed by atoms with Gasteiger partial charge in [0.2, 0.25) is 0 Å². The van der Waals surface area contributed by atoms with E-state index in [1.165, 1.54) is 18.3 Å². The number of nitrogens with zero attached hydrogens (tertiary/aromatic N) is 2. The van der Waals surface area contributed by atoms with Gasteiger partial charge in [0, 0.05) is 16.2 Å². The molecule has 0 aliphatic rings. The van der Waals surface area contributed by atoms with Crippen LogP contribution in [0.3, 0.4) is 0 Å². The SMILES string of the molecule is CCc1nc(-c2ccc(F)cc2Br)ncc1C(=O)O. The molecule has 0 fully saturated rings. The van der Waals surface area contributed by atoms with Crippen LogP contribution in [0.5, 0.6) is 0 Å². The minimum absolute atomic E-state index is 0.0875. The summed E-state index contributed by atoms with van der Waals surface area (Å²) in [7, 11) is 0. The quantitative estimate of drug-likeness (QED) is 0.940. The van der Waals surface area contributed by atoms with Crippen molar-refractivity contribution in [2.45, 2.75) is 13.3 Å². The first-order chi connectivity index (χ1) is 9.02. The van der Waals surface area contributed by atoms with E-state index < -0.39 is 5.97 Å². The molecule has 0 saturated heterocycles. The lowest BCUT2D eigenvalue weighted by atomic mass is 10.1. The van der Waals surface area contributed by atoms with E-state index in [2.05, 4.69) is 25.9 Å². The lowest BCUT2D eigenvalue weighted by Crippen LogP contribution is -2.06. The summed E-state index contributed by atoms with van der Waals surface area (Å²) in [5.74, 6) is -1.05. The molecule has 0 aliphatic carbocycles. The van der Waals surface area contributed by atoms with E-state index in [-0.39, 0.29) is 11.4 Å². The van der Waals surface area contributed by atoms with Gasteiger partial charge in [-0.25, -0.2) is 19.2 Å². The molecule has 0 atom stereocenters. The molecule has 1 aromatic heterocycles. The molecular weight excluding hydrogens is 315 g/mol. The molecular formula is C13H10BrFN2O2. The van der Waals surface area contributed by atoms with Crippen molar-refractivity contribution in [1.82, 2.24) is 9.97 Å². The predicted octanol–water partition coefficient (Wildman–Crippen LogP) is 3.31. The molecule has 1 N–H and O–H groups in total. The molecule has 0 unspecified atom stereocenters. The third kappa shape index (κ3) is 2.78. The Labute approximate surface area is 117 Å². The molecule has 0 amide bonds. The number of hydrogen-bond donors (Lipinski definition) is 1. The Morgan fingerprint density at radius 2 is 2.21 bits per heavy atom. The van der Waals surface area contributed by atoms with E-state index in [0.29, 0.717) is 28.0 Å². The molecule has 2 rings (SSSR count). The summed E-state index contributed by atoms with van der Waals surface area (Å²) in [6.45, 7) is 1.82. The molecule has 6 heteroatoms. The summed E-state index contributed by atoms with van der Waals surface area (Å²) in [4.78, 5) is 19.3. The van der Waals surface area contributed by atoms with Crippen molar-refractivity contribution >= 4 is 21.9 Å². The second kappa shape index (κ2) is 5.44. The molecule has 0 spiro atoms. The van der Waals surface area contributed by atoms with Gasteiger partial charge in [0.15, 0.2) is 5.82 Å². The average Bonchev–Trinajstić information content (AvgIpc) is 2.37. The van der Waals surface area contributed by atoms with Crippen molar-refractivity contribution in [3.8, 4) is 11.4 Å². The smallest absolute Gasteiger partial charge is 0.339 e. The fourth-order valence-corrected chi connectivity index (χ4v) is 2.19. The highest BCUT2D eigenvalue weighted by Gasteiger charge is 2.14. The minimum Gasteiger partial charge on any atom is -0.478 e.